The molecule has 0 saturated heterocycles. The smallest absolute Gasteiger partial charge is 0.417 e. The molecule has 1 rings (SSSR count). The summed E-state index contributed by atoms with van der Waals surface area (Å²) in [4.78, 5) is 10.8. The molecule has 18 heavy (non-hydrogen) atoms. The van der Waals surface area contributed by atoms with Crippen LogP contribution in [0.5, 0.6) is 0 Å². The molecular weight excluding hydrogens is 252 g/mol. The molecule has 98 valence electrons. The average molecular weight is 262 g/mol. The highest BCUT2D eigenvalue weighted by molar-refractivity contribution is 5.72. The second kappa shape index (κ2) is 5.66. The van der Waals surface area contributed by atoms with Crippen LogP contribution in [0, 0.1) is 5.82 Å². The summed E-state index contributed by atoms with van der Waals surface area (Å²) in [5.74, 6) is -1.53. The first-order valence-electron chi connectivity index (χ1n) is 4.94. The zero-order chi connectivity index (χ0) is 13.8. The van der Waals surface area contributed by atoms with E-state index in [9.17, 15) is 22.4 Å². The number of halogens is 4. The maximum atomic E-state index is 12.8. The van der Waals surface area contributed by atoms with Crippen molar-refractivity contribution in [1.29, 1.82) is 0 Å². The van der Waals surface area contributed by atoms with E-state index in [4.69, 9.17) is 0 Å². The monoisotopic (exact) mass is 262 g/mol. The van der Waals surface area contributed by atoms with E-state index in [1.807, 2.05) is 0 Å². The molecule has 0 aliphatic rings. The van der Waals surface area contributed by atoms with E-state index in [1.165, 1.54) is 13.2 Å². The van der Waals surface area contributed by atoms with Crippen LogP contribution in [0.1, 0.15) is 17.5 Å². The van der Waals surface area contributed by atoms with Crippen LogP contribution in [-0.4, -0.2) is 13.1 Å². The first-order valence-corrected chi connectivity index (χ1v) is 4.94. The molecule has 2 nitrogen and oxygen atoms in total. The van der Waals surface area contributed by atoms with Crippen LogP contribution in [0.3, 0.4) is 0 Å². The lowest BCUT2D eigenvalue weighted by Gasteiger charge is -2.10. The van der Waals surface area contributed by atoms with Gasteiger partial charge in [-0.3, -0.25) is 4.79 Å². The van der Waals surface area contributed by atoms with Crippen molar-refractivity contribution in [3.05, 3.63) is 41.2 Å². The summed E-state index contributed by atoms with van der Waals surface area (Å²) in [7, 11) is 1.18. The Hall–Kier alpha value is -1.85. The number of carbonyl (C=O) groups is 1. The number of hydrogen-bond donors (Lipinski definition) is 0. The molecule has 6 heteroatoms. The second-order valence-electron chi connectivity index (χ2n) is 3.41. The van der Waals surface area contributed by atoms with Crippen molar-refractivity contribution < 1.29 is 27.1 Å². The van der Waals surface area contributed by atoms with Gasteiger partial charge < -0.3 is 4.74 Å². The van der Waals surface area contributed by atoms with E-state index in [1.54, 1.807) is 0 Å². The molecule has 0 bridgehead atoms. The summed E-state index contributed by atoms with van der Waals surface area (Å²) in [6, 6.07) is 2.34. The summed E-state index contributed by atoms with van der Waals surface area (Å²) < 4.78 is 54.9. The van der Waals surface area contributed by atoms with Gasteiger partial charge in [-0.1, -0.05) is 18.2 Å². The van der Waals surface area contributed by atoms with Gasteiger partial charge in [0, 0.05) is 0 Å². The molecular formula is C12H10F4O2. The predicted octanol–water partition coefficient (Wildman–Crippen LogP) is 3.42. The van der Waals surface area contributed by atoms with Crippen molar-refractivity contribution in [2.24, 2.45) is 0 Å². The van der Waals surface area contributed by atoms with E-state index in [-0.39, 0.29) is 12.0 Å². The molecule has 0 amide bonds. The number of alkyl halides is 3. The Bertz CT molecular complexity index is 464. The van der Waals surface area contributed by atoms with Crippen LogP contribution in [0.4, 0.5) is 17.6 Å². The Morgan fingerprint density at radius 1 is 1.39 bits per heavy atom. The Kier molecular flexibility index (Phi) is 4.47. The third-order valence-corrected chi connectivity index (χ3v) is 2.13. The van der Waals surface area contributed by atoms with Gasteiger partial charge in [0.1, 0.15) is 5.82 Å². The van der Waals surface area contributed by atoms with Gasteiger partial charge in [0.2, 0.25) is 0 Å². The third kappa shape index (κ3) is 3.87. The van der Waals surface area contributed by atoms with Gasteiger partial charge in [-0.2, -0.15) is 13.2 Å². The lowest BCUT2D eigenvalue weighted by molar-refractivity contribution is -0.139. The lowest BCUT2D eigenvalue weighted by atomic mass is 10.1. The number of hydrogen-bond acceptors (Lipinski definition) is 2. The van der Waals surface area contributed by atoms with Gasteiger partial charge in [-0.05, 0) is 17.7 Å². The molecule has 1 aromatic rings. The maximum absolute atomic E-state index is 12.8. The molecule has 0 aliphatic carbocycles. The molecule has 0 spiro atoms. The van der Waals surface area contributed by atoms with Crippen LogP contribution < -0.4 is 0 Å². The summed E-state index contributed by atoms with van der Waals surface area (Å²) in [5, 5.41) is 0. The van der Waals surface area contributed by atoms with E-state index in [2.05, 4.69) is 4.74 Å². The van der Waals surface area contributed by atoms with Gasteiger partial charge in [-0.15, -0.1) is 0 Å². The number of benzene rings is 1. The SMILES string of the molecule is COC(=O)CC=Cc1ccc(F)cc1C(F)(F)F. The summed E-state index contributed by atoms with van der Waals surface area (Å²) in [6.45, 7) is 0. The number of methoxy groups -OCH3 is 1. The molecule has 0 heterocycles. The Labute approximate surface area is 101 Å². The van der Waals surface area contributed by atoms with Crippen LogP contribution in [0.2, 0.25) is 0 Å². The fourth-order valence-electron chi connectivity index (χ4n) is 1.28. The highest BCUT2D eigenvalue weighted by Gasteiger charge is 2.33. The number of ether oxygens (including phenoxy) is 1. The maximum Gasteiger partial charge on any atom is 0.417 e. The van der Waals surface area contributed by atoms with E-state index < -0.39 is 23.5 Å². The van der Waals surface area contributed by atoms with E-state index in [0.29, 0.717) is 6.07 Å². The Morgan fingerprint density at radius 2 is 2.06 bits per heavy atom. The normalized spacial score (nSPS) is 11.8. The Morgan fingerprint density at radius 3 is 2.61 bits per heavy atom. The average Bonchev–Trinajstić information content (AvgIpc) is 2.29. The summed E-state index contributed by atoms with van der Waals surface area (Å²) in [6.07, 6.45) is -2.45. The molecule has 0 radical (unpaired) electrons. The van der Waals surface area contributed by atoms with Gasteiger partial charge >= 0.3 is 12.1 Å². The largest absolute Gasteiger partial charge is 0.469 e. The molecule has 0 aliphatic heterocycles. The standard InChI is InChI=1S/C12H10F4O2/c1-18-11(17)4-2-3-8-5-6-9(13)7-10(8)12(14,15)16/h2-3,5-7H,4H2,1H3. The van der Waals surface area contributed by atoms with Crippen molar-refractivity contribution in [3.63, 3.8) is 0 Å². The molecule has 0 aromatic heterocycles. The Balaban J connectivity index is 2.99. The van der Waals surface area contributed by atoms with Crippen molar-refractivity contribution in [3.8, 4) is 0 Å². The molecule has 0 N–H and O–H groups in total. The molecule has 0 fully saturated rings. The van der Waals surface area contributed by atoms with Crippen LogP contribution in [0.15, 0.2) is 24.3 Å². The first kappa shape index (κ1) is 14.2. The van der Waals surface area contributed by atoms with Crippen molar-refractivity contribution in [2.45, 2.75) is 12.6 Å². The highest BCUT2D eigenvalue weighted by Crippen LogP contribution is 2.33. The quantitative estimate of drug-likeness (QED) is 0.616. The van der Waals surface area contributed by atoms with Gasteiger partial charge in [0.25, 0.3) is 0 Å². The fraction of sp³-hybridized carbons (Fsp3) is 0.250. The zero-order valence-corrected chi connectivity index (χ0v) is 9.42. The molecule has 1 aromatic carbocycles. The van der Waals surface area contributed by atoms with E-state index >= 15 is 0 Å². The van der Waals surface area contributed by atoms with Crippen molar-refractivity contribution in [2.75, 3.05) is 7.11 Å². The fourth-order valence-corrected chi connectivity index (χ4v) is 1.28. The zero-order valence-electron chi connectivity index (χ0n) is 9.42. The number of rotatable bonds is 3. The molecule has 0 atom stereocenters. The minimum absolute atomic E-state index is 0.148. The third-order valence-electron chi connectivity index (χ3n) is 2.13. The first-order chi connectivity index (χ1) is 8.34. The summed E-state index contributed by atoms with van der Waals surface area (Å²) >= 11 is 0. The summed E-state index contributed by atoms with van der Waals surface area (Å²) in [5.41, 5.74) is -1.28. The van der Waals surface area contributed by atoms with Gasteiger partial charge in [-0.25, -0.2) is 4.39 Å². The number of carbonyl (C=O) groups excluding carboxylic acids is 1. The second-order valence-corrected chi connectivity index (χ2v) is 3.41. The highest BCUT2D eigenvalue weighted by atomic mass is 19.4. The minimum Gasteiger partial charge on any atom is -0.469 e. The van der Waals surface area contributed by atoms with Crippen LogP contribution in [-0.2, 0) is 15.7 Å². The van der Waals surface area contributed by atoms with Crippen LogP contribution in [0.25, 0.3) is 6.08 Å². The molecule has 0 unspecified atom stereocenters. The lowest BCUT2D eigenvalue weighted by Crippen LogP contribution is -2.07. The van der Waals surface area contributed by atoms with Gasteiger partial charge in [0.05, 0.1) is 19.1 Å². The van der Waals surface area contributed by atoms with Crippen molar-refractivity contribution >= 4 is 12.0 Å². The van der Waals surface area contributed by atoms with E-state index in [0.717, 1.165) is 18.2 Å². The molecule has 0 saturated carbocycles. The predicted molar refractivity (Wildman–Crippen MR) is 57.1 cm³/mol. The number of esters is 1. The topological polar surface area (TPSA) is 26.3 Å². The van der Waals surface area contributed by atoms with Gasteiger partial charge in [0.15, 0.2) is 0 Å². The van der Waals surface area contributed by atoms with Crippen LogP contribution >= 0.6 is 0 Å². The minimum atomic E-state index is -4.65. The van der Waals surface area contributed by atoms with Crippen molar-refractivity contribution in [1.82, 2.24) is 0 Å².